The summed E-state index contributed by atoms with van der Waals surface area (Å²) in [4.78, 5) is 14.5. The monoisotopic (exact) mass is 271 g/mol. The van der Waals surface area contributed by atoms with Crippen molar-refractivity contribution in [2.75, 3.05) is 0 Å². The number of carboxylic acids is 1. The van der Waals surface area contributed by atoms with Crippen LogP contribution in [-0.4, -0.2) is 16.1 Å². The van der Waals surface area contributed by atoms with Crippen LogP contribution in [-0.2, 0) is 6.61 Å². The van der Waals surface area contributed by atoms with Crippen LogP contribution in [0, 0.1) is 20.8 Å². The van der Waals surface area contributed by atoms with Gasteiger partial charge in [-0.25, -0.2) is 9.78 Å². The molecule has 0 bridgehead atoms. The number of aromatic nitrogens is 1. The van der Waals surface area contributed by atoms with E-state index in [-0.39, 0.29) is 5.69 Å². The number of ether oxygens (including phenoxy) is 1. The molecule has 1 aromatic carbocycles. The van der Waals surface area contributed by atoms with Crippen LogP contribution in [0.3, 0.4) is 0 Å². The van der Waals surface area contributed by atoms with E-state index in [0.29, 0.717) is 12.4 Å². The number of rotatable bonds is 4. The molecule has 1 N–H and O–H groups in total. The number of hydrogen-bond donors (Lipinski definition) is 1. The van der Waals surface area contributed by atoms with Crippen molar-refractivity contribution >= 4 is 5.97 Å². The first-order chi connectivity index (χ1) is 9.47. The van der Waals surface area contributed by atoms with E-state index in [2.05, 4.69) is 37.9 Å². The maximum absolute atomic E-state index is 10.7. The molecular formula is C16H17NO3. The highest BCUT2D eigenvalue weighted by molar-refractivity contribution is 5.85. The smallest absolute Gasteiger partial charge is 0.354 e. The van der Waals surface area contributed by atoms with E-state index in [1.807, 2.05) is 0 Å². The van der Waals surface area contributed by atoms with Crippen LogP contribution < -0.4 is 4.74 Å². The van der Waals surface area contributed by atoms with Gasteiger partial charge in [0.1, 0.15) is 18.1 Å². The van der Waals surface area contributed by atoms with Crippen molar-refractivity contribution < 1.29 is 14.6 Å². The molecule has 0 fully saturated rings. The fourth-order valence-electron chi connectivity index (χ4n) is 2.19. The van der Waals surface area contributed by atoms with Crippen LogP contribution >= 0.6 is 0 Å². The maximum atomic E-state index is 10.7. The predicted molar refractivity (Wildman–Crippen MR) is 76.2 cm³/mol. The van der Waals surface area contributed by atoms with E-state index >= 15 is 0 Å². The van der Waals surface area contributed by atoms with Crippen molar-refractivity contribution in [3.8, 4) is 5.75 Å². The standard InChI is InChI=1S/C16H17NO3/c1-10-6-11(2)14(12(3)7-10)9-20-13-4-5-15(16(18)19)17-8-13/h4-8H,9H2,1-3H3,(H,18,19). The minimum atomic E-state index is -1.04. The molecule has 0 aliphatic heterocycles. The maximum Gasteiger partial charge on any atom is 0.354 e. The molecule has 0 saturated carbocycles. The number of aryl methyl sites for hydroxylation is 3. The number of benzene rings is 1. The number of carbonyl (C=O) groups is 1. The lowest BCUT2D eigenvalue weighted by atomic mass is 10.0. The van der Waals surface area contributed by atoms with E-state index < -0.39 is 5.97 Å². The molecule has 1 aromatic heterocycles. The highest BCUT2D eigenvalue weighted by atomic mass is 16.5. The number of hydrogen-bond acceptors (Lipinski definition) is 3. The summed E-state index contributed by atoms with van der Waals surface area (Å²) in [6.07, 6.45) is 1.43. The van der Waals surface area contributed by atoms with Crippen LogP contribution in [0.2, 0.25) is 0 Å². The molecule has 0 amide bonds. The molecule has 4 nitrogen and oxygen atoms in total. The molecule has 0 saturated heterocycles. The number of pyridine rings is 1. The number of carboxylic acid groups (broad SMARTS) is 1. The van der Waals surface area contributed by atoms with Gasteiger partial charge in [-0.15, -0.1) is 0 Å². The average Bonchev–Trinajstić information content (AvgIpc) is 2.38. The van der Waals surface area contributed by atoms with E-state index in [4.69, 9.17) is 9.84 Å². The molecule has 4 heteroatoms. The Balaban J connectivity index is 2.11. The summed E-state index contributed by atoms with van der Waals surface area (Å²) < 4.78 is 5.67. The van der Waals surface area contributed by atoms with Gasteiger partial charge >= 0.3 is 5.97 Å². The Morgan fingerprint density at radius 1 is 1.20 bits per heavy atom. The van der Waals surface area contributed by atoms with Crippen molar-refractivity contribution in [2.45, 2.75) is 27.4 Å². The zero-order valence-corrected chi connectivity index (χ0v) is 11.8. The van der Waals surface area contributed by atoms with Crippen molar-refractivity contribution in [2.24, 2.45) is 0 Å². The molecule has 104 valence electrons. The summed E-state index contributed by atoms with van der Waals surface area (Å²) in [5, 5.41) is 8.78. The molecule has 0 aliphatic rings. The highest BCUT2D eigenvalue weighted by Gasteiger charge is 2.07. The molecule has 2 aromatic rings. The summed E-state index contributed by atoms with van der Waals surface area (Å²) in [6.45, 7) is 6.64. The Morgan fingerprint density at radius 3 is 2.35 bits per heavy atom. The van der Waals surface area contributed by atoms with Crippen LogP contribution in [0.5, 0.6) is 5.75 Å². The second-order valence-corrected chi connectivity index (χ2v) is 4.85. The van der Waals surface area contributed by atoms with E-state index in [0.717, 1.165) is 5.56 Å². The Kier molecular flexibility index (Phi) is 4.03. The summed E-state index contributed by atoms with van der Waals surface area (Å²) in [5.41, 5.74) is 4.78. The molecule has 20 heavy (non-hydrogen) atoms. The summed E-state index contributed by atoms with van der Waals surface area (Å²) in [6, 6.07) is 7.30. The highest BCUT2D eigenvalue weighted by Crippen LogP contribution is 2.19. The van der Waals surface area contributed by atoms with Gasteiger partial charge in [-0.1, -0.05) is 17.7 Å². The lowest BCUT2D eigenvalue weighted by Gasteiger charge is -2.12. The van der Waals surface area contributed by atoms with Gasteiger partial charge in [-0.3, -0.25) is 0 Å². The molecular weight excluding hydrogens is 254 g/mol. The largest absolute Gasteiger partial charge is 0.487 e. The van der Waals surface area contributed by atoms with Gasteiger partial charge < -0.3 is 9.84 Å². The zero-order valence-electron chi connectivity index (χ0n) is 11.8. The third-order valence-electron chi connectivity index (χ3n) is 3.18. The van der Waals surface area contributed by atoms with Gasteiger partial charge in [0.25, 0.3) is 0 Å². The topological polar surface area (TPSA) is 59.4 Å². The van der Waals surface area contributed by atoms with Crippen molar-refractivity contribution in [3.05, 3.63) is 58.4 Å². The van der Waals surface area contributed by atoms with E-state index in [1.54, 1.807) is 6.07 Å². The van der Waals surface area contributed by atoms with Gasteiger partial charge in [0, 0.05) is 0 Å². The van der Waals surface area contributed by atoms with Crippen LogP contribution in [0.25, 0.3) is 0 Å². The predicted octanol–water partition coefficient (Wildman–Crippen LogP) is 3.28. The molecule has 0 atom stereocenters. The number of nitrogens with zero attached hydrogens (tertiary/aromatic N) is 1. The quantitative estimate of drug-likeness (QED) is 0.927. The average molecular weight is 271 g/mol. The van der Waals surface area contributed by atoms with Gasteiger partial charge in [-0.05, 0) is 49.6 Å². The van der Waals surface area contributed by atoms with Gasteiger partial charge in [-0.2, -0.15) is 0 Å². The minimum absolute atomic E-state index is 0.0139. The summed E-state index contributed by atoms with van der Waals surface area (Å²) in [5.74, 6) is -0.476. The van der Waals surface area contributed by atoms with Crippen molar-refractivity contribution in [1.29, 1.82) is 0 Å². The summed E-state index contributed by atoms with van der Waals surface area (Å²) in [7, 11) is 0. The van der Waals surface area contributed by atoms with Gasteiger partial charge in [0.15, 0.2) is 0 Å². The van der Waals surface area contributed by atoms with Crippen molar-refractivity contribution in [3.63, 3.8) is 0 Å². The van der Waals surface area contributed by atoms with Crippen LogP contribution in [0.15, 0.2) is 30.5 Å². The van der Waals surface area contributed by atoms with E-state index in [1.165, 1.54) is 29.0 Å². The number of aromatic carboxylic acids is 1. The Hall–Kier alpha value is -2.36. The zero-order chi connectivity index (χ0) is 14.7. The third kappa shape index (κ3) is 3.15. The van der Waals surface area contributed by atoms with Gasteiger partial charge in [0.05, 0.1) is 6.20 Å². The Morgan fingerprint density at radius 2 is 1.85 bits per heavy atom. The summed E-state index contributed by atoms with van der Waals surface area (Å²) >= 11 is 0. The first-order valence-electron chi connectivity index (χ1n) is 6.36. The first-order valence-corrected chi connectivity index (χ1v) is 6.36. The van der Waals surface area contributed by atoms with E-state index in [9.17, 15) is 4.79 Å². The molecule has 2 rings (SSSR count). The Bertz CT molecular complexity index is 610. The SMILES string of the molecule is Cc1cc(C)c(COc2ccc(C(=O)O)nc2)c(C)c1. The fraction of sp³-hybridized carbons (Fsp3) is 0.250. The lowest BCUT2D eigenvalue weighted by Crippen LogP contribution is -2.03. The minimum Gasteiger partial charge on any atom is -0.487 e. The third-order valence-corrected chi connectivity index (χ3v) is 3.18. The molecule has 0 radical (unpaired) electrons. The van der Waals surface area contributed by atoms with Crippen LogP contribution in [0.4, 0.5) is 0 Å². The Labute approximate surface area is 118 Å². The van der Waals surface area contributed by atoms with Crippen LogP contribution in [0.1, 0.15) is 32.7 Å². The van der Waals surface area contributed by atoms with Crippen molar-refractivity contribution in [1.82, 2.24) is 4.98 Å². The fourth-order valence-corrected chi connectivity index (χ4v) is 2.19. The normalized spacial score (nSPS) is 10.3. The second-order valence-electron chi connectivity index (χ2n) is 4.85. The first kappa shape index (κ1) is 14.1. The molecule has 1 heterocycles. The van der Waals surface area contributed by atoms with Gasteiger partial charge in [0.2, 0.25) is 0 Å². The molecule has 0 unspecified atom stereocenters. The lowest BCUT2D eigenvalue weighted by molar-refractivity contribution is 0.0690. The second kappa shape index (κ2) is 5.74. The molecule has 0 aliphatic carbocycles. The molecule has 0 spiro atoms.